The van der Waals surface area contributed by atoms with Crippen LogP contribution in [0.4, 0.5) is 0 Å². The molecule has 0 bridgehead atoms. The van der Waals surface area contributed by atoms with E-state index in [1.807, 2.05) is 24.3 Å². The van der Waals surface area contributed by atoms with Crippen LogP contribution in [0.3, 0.4) is 0 Å². The number of fused-ring (bicyclic) bond motifs is 1. The van der Waals surface area contributed by atoms with E-state index in [2.05, 4.69) is 20.9 Å². The van der Waals surface area contributed by atoms with Crippen molar-refractivity contribution in [2.75, 3.05) is 0 Å². The van der Waals surface area contributed by atoms with Gasteiger partial charge < -0.3 is 4.42 Å². The molecule has 0 fully saturated rings. The first-order valence-corrected chi connectivity index (χ1v) is 6.67. The SMILES string of the molecule is O=c1oc(-c2ccc(Br)cc2)nc2ccc(Cl)cc12. The van der Waals surface area contributed by atoms with Crippen molar-refractivity contribution in [1.29, 1.82) is 0 Å². The molecule has 94 valence electrons. The first-order valence-electron chi connectivity index (χ1n) is 5.50. The number of hydrogen-bond acceptors (Lipinski definition) is 3. The summed E-state index contributed by atoms with van der Waals surface area (Å²) in [4.78, 5) is 16.3. The quantitative estimate of drug-likeness (QED) is 0.666. The van der Waals surface area contributed by atoms with Crippen LogP contribution in [0.15, 0.2) is 56.1 Å². The van der Waals surface area contributed by atoms with Gasteiger partial charge in [-0.25, -0.2) is 9.78 Å². The molecule has 0 saturated heterocycles. The molecule has 1 aromatic heterocycles. The second kappa shape index (κ2) is 4.79. The largest absolute Gasteiger partial charge is 0.403 e. The summed E-state index contributed by atoms with van der Waals surface area (Å²) in [5.41, 5.74) is 0.876. The van der Waals surface area contributed by atoms with E-state index in [0.717, 1.165) is 10.0 Å². The lowest BCUT2D eigenvalue weighted by atomic mass is 10.2. The topological polar surface area (TPSA) is 43.1 Å². The number of rotatable bonds is 1. The standard InChI is InChI=1S/C14H7BrClNO2/c15-9-3-1-8(2-4-9)13-17-12-6-5-10(16)7-11(12)14(18)19-13/h1-7H. The summed E-state index contributed by atoms with van der Waals surface area (Å²) in [6.07, 6.45) is 0. The first-order chi connectivity index (χ1) is 9.13. The van der Waals surface area contributed by atoms with Crippen molar-refractivity contribution in [2.24, 2.45) is 0 Å². The Hall–Kier alpha value is -1.65. The third kappa shape index (κ3) is 2.41. The highest BCUT2D eigenvalue weighted by Gasteiger charge is 2.08. The van der Waals surface area contributed by atoms with Gasteiger partial charge in [-0.05, 0) is 42.5 Å². The molecule has 5 heteroatoms. The van der Waals surface area contributed by atoms with Crippen molar-refractivity contribution < 1.29 is 4.42 Å². The zero-order valence-electron chi connectivity index (χ0n) is 9.56. The van der Waals surface area contributed by atoms with Crippen LogP contribution in [0.25, 0.3) is 22.4 Å². The molecule has 0 aliphatic rings. The second-order valence-corrected chi connectivity index (χ2v) is 5.33. The average Bonchev–Trinajstić information content (AvgIpc) is 2.40. The number of benzene rings is 2. The van der Waals surface area contributed by atoms with Gasteiger partial charge in [0.25, 0.3) is 0 Å². The van der Waals surface area contributed by atoms with Crippen LogP contribution in [-0.4, -0.2) is 4.98 Å². The van der Waals surface area contributed by atoms with Crippen LogP contribution in [0.2, 0.25) is 5.02 Å². The molecule has 0 amide bonds. The van der Waals surface area contributed by atoms with Gasteiger partial charge in [0.05, 0.1) is 10.9 Å². The summed E-state index contributed by atoms with van der Waals surface area (Å²) in [5, 5.41) is 0.867. The number of halogens is 2. The van der Waals surface area contributed by atoms with Gasteiger partial charge in [-0.2, -0.15) is 0 Å². The van der Waals surface area contributed by atoms with Crippen molar-refractivity contribution >= 4 is 38.4 Å². The van der Waals surface area contributed by atoms with Crippen molar-refractivity contribution in [3.8, 4) is 11.5 Å². The minimum absolute atomic E-state index is 0.298. The van der Waals surface area contributed by atoms with Gasteiger partial charge in [-0.15, -0.1) is 0 Å². The highest BCUT2D eigenvalue weighted by molar-refractivity contribution is 9.10. The van der Waals surface area contributed by atoms with Crippen molar-refractivity contribution in [2.45, 2.75) is 0 Å². The van der Waals surface area contributed by atoms with E-state index < -0.39 is 5.63 Å². The van der Waals surface area contributed by atoms with E-state index in [4.69, 9.17) is 16.0 Å². The molecule has 19 heavy (non-hydrogen) atoms. The van der Waals surface area contributed by atoms with Crippen LogP contribution < -0.4 is 5.63 Å². The third-order valence-electron chi connectivity index (χ3n) is 2.68. The highest BCUT2D eigenvalue weighted by atomic mass is 79.9. The average molecular weight is 337 g/mol. The van der Waals surface area contributed by atoms with E-state index in [1.54, 1.807) is 18.2 Å². The predicted molar refractivity (Wildman–Crippen MR) is 78.4 cm³/mol. The lowest BCUT2D eigenvalue weighted by Gasteiger charge is -2.02. The van der Waals surface area contributed by atoms with Crippen molar-refractivity contribution in [3.63, 3.8) is 0 Å². The van der Waals surface area contributed by atoms with Gasteiger partial charge in [-0.1, -0.05) is 27.5 Å². The fourth-order valence-corrected chi connectivity index (χ4v) is 2.20. The molecule has 0 N–H and O–H groups in total. The minimum Gasteiger partial charge on any atom is -0.403 e. The summed E-state index contributed by atoms with van der Waals surface area (Å²) in [6, 6.07) is 12.3. The van der Waals surface area contributed by atoms with E-state index in [0.29, 0.717) is 21.8 Å². The summed E-state index contributed by atoms with van der Waals surface area (Å²) in [7, 11) is 0. The zero-order valence-corrected chi connectivity index (χ0v) is 11.9. The van der Waals surface area contributed by atoms with Gasteiger partial charge in [-0.3, -0.25) is 0 Å². The predicted octanol–water partition coefficient (Wildman–Crippen LogP) is 4.27. The summed E-state index contributed by atoms with van der Waals surface area (Å²) in [6.45, 7) is 0. The van der Waals surface area contributed by atoms with Gasteiger partial charge in [0.1, 0.15) is 0 Å². The highest BCUT2D eigenvalue weighted by Crippen LogP contribution is 2.22. The monoisotopic (exact) mass is 335 g/mol. The van der Waals surface area contributed by atoms with Crippen LogP contribution in [0.1, 0.15) is 0 Å². The molecule has 3 rings (SSSR count). The van der Waals surface area contributed by atoms with Gasteiger partial charge >= 0.3 is 5.63 Å². The third-order valence-corrected chi connectivity index (χ3v) is 3.44. The van der Waals surface area contributed by atoms with Crippen LogP contribution in [0, 0.1) is 0 Å². The maximum absolute atomic E-state index is 11.9. The van der Waals surface area contributed by atoms with Gasteiger partial charge in [0.2, 0.25) is 5.89 Å². The Labute approximate surface area is 122 Å². The molecule has 0 aliphatic heterocycles. The summed E-state index contributed by atoms with van der Waals surface area (Å²) < 4.78 is 6.18. The number of hydrogen-bond donors (Lipinski definition) is 0. The fraction of sp³-hybridized carbons (Fsp3) is 0. The van der Waals surface area contributed by atoms with Crippen molar-refractivity contribution in [3.05, 3.63) is 62.4 Å². The first kappa shape index (κ1) is 12.4. The van der Waals surface area contributed by atoms with Crippen LogP contribution >= 0.6 is 27.5 Å². The van der Waals surface area contributed by atoms with Gasteiger partial charge in [0, 0.05) is 15.1 Å². The summed E-state index contributed by atoms with van der Waals surface area (Å²) >= 11 is 9.20. The molecule has 3 nitrogen and oxygen atoms in total. The Bertz CT molecular complexity index is 812. The van der Waals surface area contributed by atoms with Crippen molar-refractivity contribution in [1.82, 2.24) is 4.98 Å². The molecule has 0 unspecified atom stereocenters. The van der Waals surface area contributed by atoms with E-state index in [-0.39, 0.29) is 0 Å². The minimum atomic E-state index is -0.439. The smallest absolute Gasteiger partial charge is 0.347 e. The molecule has 0 aliphatic carbocycles. The molecule has 0 atom stereocenters. The Morgan fingerprint density at radius 3 is 2.58 bits per heavy atom. The Morgan fingerprint density at radius 1 is 1.11 bits per heavy atom. The molecule has 0 spiro atoms. The molecule has 0 radical (unpaired) electrons. The fourth-order valence-electron chi connectivity index (χ4n) is 1.76. The Kier molecular flexibility index (Phi) is 3.12. The van der Waals surface area contributed by atoms with E-state index >= 15 is 0 Å². The molecule has 0 saturated carbocycles. The zero-order chi connectivity index (χ0) is 13.4. The summed E-state index contributed by atoms with van der Waals surface area (Å²) in [5.74, 6) is 0.298. The van der Waals surface area contributed by atoms with Gasteiger partial charge in [0.15, 0.2) is 0 Å². The molecule has 3 aromatic rings. The molecular formula is C14H7BrClNO2. The van der Waals surface area contributed by atoms with E-state index in [9.17, 15) is 4.79 Å². The Balaban J connectivity index is 2.24. The maximum Gasteiger partial charge on any atom is 0.347 e. The molecular weight excluding hydrogens is 330 g/mol. The lowest BCUT2D eigenvalue weighted by molar-refractivity contribution is 0.518. The normalized spacial score (nSPS) is 10.8. The second-order valence-electron chi connectivity index (χ2n) is 3.97. The van der Waals surface area contributed by atoms with Crippen LogP contribution in [-0.2, 0) is 0 Å². The Morgan fingerprint density at radius 2 is 1.84 bits per heavy atom. The number of aromatic nitrogens is 1. The maximum atomic E-state index is 11.9. The lowest BCUT2D eigenvalue weighted by Crippen LogP contribution is -2.02. The molecule has 1 heterocycles. The van der Waals surface area contributed by atoms with E-state index in [1.165, 1.54) is 0 Å². The van der Waals surface area contributed by atoms with Crippen LogP contribution in [0.5, 0.6) is 0 Å². The number of nitrogens with zero attached hydrogens (tertiary/aromatic N) is 1. The molecule has 2 aromatic carbocycles.